The largest absolute Gasteiger partial charge is 0.452 e. The van der Waals surface area contributed by atoms with Crippen LogP contribution in [0.5, 0.6) is 0 Å². The molecule has 0 bridgehead atoms. The predicted octanol–water partition coefficient (Wildman–Crippen LogP) is 1.97. The maximum Gasteiger partial charge on any atom is 0.416 e. The fraction of sp³-hybridized carbons (Fsp3) is 0.333. The van der Waals surface area contributed by atoms with Gasteiger partial charge in [0.25, 0.3) is 11.6 Å². The number of nitro groups is 1. The lowest BCUT2D eigenvalue weighted by molar-refractivity contribution is -0.385. The average molecular weight is 264 g/mol. The second-order valence-corrected chi connectivity index (χ2v) is 4.15. The molecule has 1 aliphatic carbocycles. The minimum atomic E-state index is -0.786. The number of carbonyl (C=O) groups is 2. The number of hydrogen-bond acceptors (Lipinski definition) is 5. The van der Waals surface area contributed by atoms with E-state index in [1.807, 2.05) is 0 Å². The van der Waals surface area contributed by atoms with Gasteiger partial charge in [-0.1, -0.05) is 12.1 Å². The molecule has 19 heavy (non-hydrogen) atoms. The van der Waals surface area contributed by atoms with Gasteiger partial charge in [0.2, 0.25) is 0 Å². The van der Waals surface area contributed by atoms with E-state index >= 15 is 0 Å². The van der Waals surface area contributed by atoms with Crippen LogP contribution in [-0.2, 0) is 4.74 Å². The van der Waals surface area contributed by atoms with Crippen LogP contribution in [0.4, 0.5) is 10.5 Å². The van der Waals surface area contributed by atoms with Crippen molar-refractivity contribution in [3.05, 3.63) is 39.9 Å². The highest BCUT2D eigenvalue weighted by Crippen LogP contribution is 2.30. The van der Waals surface area contributed by atoms with Gasteiger partial charge in [0.15, 0.2) is 0 Å². The summed E-state index contributed by atoms with van der Waals surface area (Å²) in [5.74, 6) is -0.693. The SMILES string of the molecule is COC(=O)N(C(=O)c1ccccc1[N+](=O)[O-])C1CC1. The van der Waals surface area contributed by atoms with Crippen molar-refractivity contribution in [1.82, 2.24) is 4.90 Å². The van der Waals surface area contributed by atoms with Crippen molar-refractivity contribution in [1.29, 1.82) is 0 Å². The molecule has 0 saturated heterocycles. The zero-order valence-corrected chi connectivity index (χ0v) is 10.2. The van der Waals surface area contributed by atoms with Crippen molar-refractivity contribution < 1.29 is 19.2 Å². The van der Waals surface area contributed by atoms with Crippen LogP contribution in [0.25, 0.3) is 0 Å². The van der Waals surface area contributed by atoms with Crippen molar-refractivity contribution in [3.63, 3.8) is 0 Å². The van der Waals surface area contributed by atoms with Crippen LogP contribution in [0.1, 0.15) is 23.2 Å². The summed E-state index contributed by atoms with van der Waals surface area (Å²) in [6, 6.07) is 5.32. The van der Waals surface area contributed by atoms with E-state index in [1.165, 1.54) is 31.4 Å². The van der Waals surface area contributed by atoms with Gasteiger partial charge in [-0.2, -0.15) is 0 Å². The first-order valence-corrected chi connectivity index (χ1v) is 5.71. The summed E-state index contributed by atoms with van der Waals surface area (Å²) in [4.78, 5) is 35.1. The van der Waals surface area contributed by atoms with Crippen LogP contribution in [0.3, 0.4) is 0 Å². The molecular weight excluding hydrogens is 252 g/mol. The molecule has 0 unspecified atom stereocenters. The van der Waals surface area contributed by atoms with Crippen molar-refractivity contribution in [2.45, 2.75) is 18.9 Å². The van der Waals surface area contributed by atoms with Crippen molar-refractivity contribution in [3.8, 4) is 0 Å². The van der Waals surface area contributed by atoms with E-state index in [2.05, 4.69) is 4.74 Å². The highest BCUT2D eigenvalue weighted by molar-refractivity contribution is 6.05. The normalized spacial score (nSPS) is 13.7. The average Bonchev–Trinajstić information content (AvgIpc) is 3.23. The number of ether oxygens (including phenoxy) is 1. The monoisotopic (exact) mass is 264 g/mol. The number of nitro benzene ring substituents is 1. The molecule has 0 heterocycles. The third-order valence-corrected chi connectivity index (χ3v) is 2.83. The molecule has 0 aromatic heterocycles. The molecule has 1 aromatic carbocycles. The van der Waals surface area contributed by atoms with Crippen LogP contribution >= 0.6 is 0 Å². The van der Waals surface area contributed by atoms with Gasteiger partial charge in [-0.25, -0.2) is 9.69 Å². The molecular formula is C12H12N2O5. The molecule has 2 amide bonds. The van der Waals surface area contributed by atoms with Gasteiger partial charge in [0.05, 0.1) is 12.0 Å². The fourth-order valence-electron chi connectivity index (χ4n) is 1.77. The molecule has 0 radical (unpaired) electrons. The molecule has 7 heteroatoms. The minimum absolute atomic E-state index is 0.107. The van der Waals surface area contributed by atoms with Gasteiger partial charge < -0.3 is 4.74 Å². The molecule has 100 valence electrons. The van der Waals surface area contributed by atoms with Crippen molar-refractivity contribution in [2.24, 2.45) is 0 Å². The number of nitrogens with zero attached hydrogens (tertiary/aromatic N) is 2. The molecule has 2 rings (SSSR count). The number of benzene rings is 1. The molecule has 1 aliphatic rings. The second-order valence-electron chi connectivity index (χ2n) is 4.15. The Balaban J connectivity index is 2.37. The summed E-state index contributed by atoms with van der Waals surface area (Å²) in [7, 11) is 1.17. The highest BCUT2D eigenvalue weighted by atomic mass is 16.6. The van der Waals surface area contributed by atoms with Gasteiger partial charge in [-0.05, 0) is 18.9 Å². The lowest BCUT2D eigenvalue weighted by Crippen LogP contribution is -2.38. The van der Waals surface area contributed by atoms with E-state index < -0.39 is 16.9 Å². The highest BCUT2D eigenvalue weighted by Gasteiger charge is 2.40. The molecule has 7 nitrogen and oxygen atoms in total. The zero-order valence-electron chi connectivity index (χ0n) is 10.2. The van der Waals surface area contributed by atoms with Gasteiger partial charge >= 0.3 is 6.09 Å². The second kappa shape index (κ2) is 5.05. The summed E-state index contributed by atoms with van der Waals surface area (Å²) in [5, 5.41) is 10.9. The Bertz CT molecular complexity index is 539. The zero-order chi connectivity index (χ0) is 14.0. The number of rotatable bonds is 3. The number of methoxy groups -OCH3 is 1. The maximum absolute atomic E-state index is 12.3. The number of amides is 2. The molecule has 0 atom stereocenters. The Morgan fingerprint density at radius 2 is 2.00 bits per heavy atom. The van der Waals surface area contributed by atoms with Gasteiger partial charge in [-0.3, -0.25) is 14.9 Å². The van der Waals surface area contributed by atoms with Crippen LogP contribution in [0.15, 0.2) is 24.3 Å². The Morgan fingerprint density at radius 1 is 1.37 bits per heavy atom. The van der Waals surface area contributed by atoms with E-state index in [0.717, 1.165) is 4.90 Å². The van der Waals surface area contributed by atoms with Crippen LogP contribution in [-0.4, -0.2) is 35.0 Å². The first-order chi connectivity index (χ1) is 9.06. The van der Waals surface area contributed by atoms with E-state index in [-0.39, 0.29) is 17.3 Å². The molecule has 1 fully saturated rings. The van der Waals surface area contributed by atoms with Crippen LogP contribution in [0, 0.1) is 10.1 Å². The summed E-state index contributed by atoms with van der Waals surface area (Å²) < 4.78 is 4.55. The van der Waals surface area contributed by atoms with E-state index in [4.69, 9.17) is 0 Å². The van der Waals surface area contributed by atoms with E-state index in [0.29, 0.717) is 12.8 Å². The standard InChI is InChI=1S/C12H12N2O5/c1-19-12(16)13(8-6-7-8)11(15)9-4-2-3-5-10(9)14(17)18/h2-5,8H,6-7H2,1H3. The van der Waals surface area contributed by atoms with Gasteiger partial charge in [-0.15, -0.1) is 0 Å². The van der Waals surface area contributed by atoms with Gasteiger partial charge in [0.1, 0.15) is 5.56 Å². The summed E-state index contributed by atoms with van der Waals surface area (Å²) in [5.41, 5.74) is -0.424. The van der Waals surface area contributed by atoms with E-state index in [1.54, 1.807) is 0 Å². The lowest BCUT2D eigenvalue weighted by Gasteiger charge is -2.18. The topological polar surface area (TPSA) is 89.8 Å². The Labute approximate surface area is 108 Å². The first-order valence-electron chi connectivity index (χ1n) is 5.71. The third kappa shape index (κ3) is 2.54. The first kappa shape index (κ1) is 13.0. The Hall–Kier alpha value is -2.44. The molecule has 0 N–H and O–H groups in total. The van der Waals surface area contributed by atoms with E-state index in [9.17, 15) is 19.7 Å². The van der Waals surface area contributed by atoms with Crippen molar-refractivity contribution in [2.75, 3.05) is 7.11 Å². The van der Waals surface area contributed by atoms with Crippen LogP contribution in [0.2, 0.25) is 0 Å². The number of para-hydroxylation sites is 1. The van der Waals surface area contributed by atoms with Crippen molar-refractivity contribution >= 4 is 17.7 Å². The molecule has 0 aliphatic heterocycles. The maximum atomic E-state index is 12.3. The predicted molar refractivity (Wildman–Crippen MR) is 64.7 cm³/mol. The molecule has 1 aromatic rings. The summed E-state index contributed by atoms with van der Waals surface area (Å²) in [6.45, 7) is 0. The Morgan fingerprint density at radius 3 is 2.53 bits per heavy atom. The third-order valence-electron chi connectivity index (χ3n) is 2.83. The minimum Gasteiger partial charge on any atom is -0.452 e. The smallest absolute Gasteiger partial charge is 0.416 e. The van der Waals surface area contributed by atoms with Crippen LogP contribution < -0.4 is 0 Å². The number of carbonyl (C=O) groups excluding carboxylic acids is 2. The summed E-state index contributed by atoms with van der Waals surface area (Å²) in [6.07, 6.45) is 0.605. The summed E-state index contributed by atoms with van der Waals surface area (Å²) >= 11 is 0. The number of imide groups is 1. The van der Waals surface area contributed by atoms with Gasteiger partial charge in [0, 0.05) is 12.1 Å². The Kier molecular flexibility index (Phi) is 3.46. The quantitative estimate of drug-likeness (QED) is 0.615. The molecule has 0 spiro atoms. The number of hydrogen-bond donors (Lipinski definition) is 0. The fourth-order valence-corrected chi connectivity index (χ4v) is 1.77. The lowest BCUT2D eigenvalue weighted by atomic mass is 10.1. The molecule has 1 saturated carbocycles.